The van der Waals surface area contributed by atoms with Crippen LogP contribution in [0.3, 0.4) is 0 Å². The smallest absolute Gasteiger partial charge is 0.313 e. The first-order valence-corrected chi connectivity index (χ1v) is 3.28. The molecular weight excluding hydrogens is 150 g/mol. The maximum Gasteiger partial charge on any atom is 0.332 e. The van der Waals surface area contributed by atoms with Crippen LogP contribution in [0.1, 0.15) is 26.7 Å². The lowest BCUT2D eigenvalue weighted by molar-refractivity contribution is -0.296. The molecule has 0 spiro atoms. The number of hydroxylamine groups is 2. The van der Waals surface area contributed by atoms with Crippen molar-refractivity contribution in [1.82, 2.24) is 5.23 Å². The molecular formula is C6H11NO4. The van der Waals surface area contributed by atoms with Gasteiger partial charge in [-0.25, -0.2) is 4.79 Å². The lowest BCUT2D eigenvalue weighted by Crippen LogP contribution is -2.29. The van der Waals surface area contributed by atoms with E-state index in [1.54, 1.807) is 6.92 Å². The molecule has 0 saturated heterocycles. The van der Waals surface area contributed by atoms with Gasteiger partial charge in [0.2, 0.25) is 0 Å². The lowest BCUT2D eigenvalue weighted by atomic mass is 10.3. The number of amides is 1. The topological polar surface area (TPSA) is 66.8 Å². The average Bonchev–Trinajstić information content (AvgIpc) is 1.86. The molecule has 0 aromatic carbocycles. The highest BCUT2D eigenvalue weighted by atomic mass is 16.9. The molecule has 0 atom stereocenters. The van der Waals surface area contributed by atoms with Crippen LogP contribution in [0.2, 0.25) is 0 Å². The minimum absolute atomic E-state index is 0.0359. The van der Waals surface area contributed by atoms with Crippen molar-refractivity contribution in [3.05, 3.63) is 0 Å². The Balaban J connectivity index is 3.73. The molecule has 0 fully saturated rings. The first-order chi connectivity index (χ1) is 5.07. The molecule has 1 N–H and O–H groups in total. The van der Waals surface area contributed by atoms with Gasteiger partial charge in [0, 0.05) is 13.3 Å². The molecule has 0 aliphatic heterocycles. The summed E-state index contributed by atoms with van der Waals surface area (Å²) in [5.41, 5.74) is 0. The van der Waals surface area contributed by atoms with E-state index in [4.69, 9.17) is 5.21 Å². The lowest BCUT2D eigenvalue weighted by Gasteiger charge is -2.10. The molecule has 5 heteroatoms. The summed E-state index contributed by atoms with van der Waals surface area (Å²) in [5, 5.41) is 8.62. The SMILES string of the molecule is CCCC(=O)N(O)OC(C)=O. The summed E-state index contributed by atoms with van der Waals surface area (Å²) in [6.45, 7) is 2.88. The maximum atomic E-state index is 10.7. The Kier molecular flexibility index (Phi) is 4.21. The summed E-state index contributed by atoms with van der Waals surface area (Å²) in [4.78, 5) is 24.9. The van der Waals surface area contributed by atoms with E-state index < -0.39 is 11.9 Å². The Labute approximate surface area is 64.5 Å². The van der Waals surface area contributed by atoms with Crippen LogP contribution >= 0.6 is 0 Å². The van der Waals surface area contributed by atoms with Crippen molar-refractivity contribution in [2.75, 3.05) is 0 Å². The highest BCUT2D eigenvalue weighted by molar-refractivity contribution is 5.76. The number of carbonyl (C=O) groups excluding carboxylic acids is 2. The molecule has 0 bridgehead atoms. The number of rotatable bonds is 2. The van der Waals surface area contributed by atoms with Crippen LogP contribution in [0.4, 0.5) is 0 Å². The van der Waals surface area contributed by atoms with E-state index in [2.05, 4.69) is 4.84 Å². The summed E-state index contributed by atoms with van der Waals surface area (Å²) >= 11 is 0. The highest BCUT2D eigenvalue weighted by Crippen LogP contribution is 1.94. The Morgan fingerprint density at radius 1 is 1.55 bits per heavy atom. The molecule has 0 saturated carbocycles. The third-order valence-electron chi connectivity index (χ3n) is 0.892. The van der Waals surface area contributed by atoms with Crippen LogP contribution in [0.25, 0.3) is 0 Å². The monoisotopic (exact) mass is 161 g/mol. The van der Waals surface area contributed by atoms with Gasteiger partial charge in [0.15, 0.2) is 0 Å². The van der Waals surface area contributed by atoms with E-state index in [0.717, 1.165) is 6.92 Å². The summed E-state index contributed by atoms with van der Waals surface area (Å²) in [6, 6.07) is 0. The number of carbonyl (C=O) groups is 2. The summed E-state index contributed by atoms with van der Waals surface area (Å²) in [7, 11) is 0. The van der Waals surface area contributed by atoms with Crippen molar-refractivity contribution >= 4 is 11.9 Å². The minimum Gasteiger partial charge on any atom is -0.313 e. The van der Waals surface area contributed by atoms with Gasteiger partial charge in [0.25, 0.3) is 5.91 Å². The molecule has 0 aromatic rings. The number of hydrogen-bond donors (Lipinski definition) is 1. The number of hydrogen-bond acceptors (Lipinski definition) is 4. The van der Waals surface area contributed by atoms with E-state index in [1.165, 1.54) is 0 Å². The highest BCUT2D eigenvalue weighted by Gasteiger charge is 2.12. The van der Waals surface area contributed by atoms with E-state index in [-0.39, 0.29) is 11.6 Å². The minimum atomic E-state index is -0.725. The zero-order valence-electron chi connectivity index (χ0n) is 6.53. The Hall–Kier alpha value is -1.10. The van der Waals surface area contributed by atoms with Gasteiger partial charge in [-0.1, -0.05) is 6.92 Å². The van der Waals surface area contributed by atoms with Crippen LogP contribution in [-0.4, -0.2) is 22.3 Å². The molecule has 0 heterocycles. The second-order valence-corrected chi connectivity index (χ2v) is 2.00. The summed E-state index contributed by atoms with van der Waals surface area (Å²) in [6.07, 6.45) is 0.751. The molecule has 64 valence electrons. The van der Waals surface area contributed by atoms with E-state index in [0.29, 0.717) is 6.42 Å². The second-order valence-electron chi connectivity index (χ2n) is 2.00. The first-order valence-electron chi connectivity index (χ1n) is 3.28. The van der Waals surface area contributed by atoms with Crippen LogP contribution in [0.15, 0.2) is 0 Å². The molecule has 0 aliphatic rings. The third-order valence-corrected chi connectivity index (χ3v) is 0.892. The largest absolute Gasteiger partial charge is 0.332 e. The van der Waals surface area contributed by atoms with Crippen LogP contribution < -0.4 is 0 Å². The Morgan fingerprint density at radius 3 is 2.45 bits per heavy atom. The molecule has 1 amide bonds. The van der Waals surface area contributed by atoms with Crippen LogP contribution in [0.5, 0.6) is 0 Å². The van der Waals surface area contributed by atoms with Gasteiger partial charge in [-0.05, 0) is 11.6 Å². The second kappa shape index (κ2) is 4.68. The number of nitrogens with zero attached hydrogens (tertiary/aromatic N) is 1. The van der Waals surface area contributed by atoms with Crippen molar-refractivity contribution in [1.29, 1.82) is 0 Å². The molecule has 0 aromatic heterocycles. The Morgan fingerprint density at radius 2 is 2.09 bits per heavy atom. The quantitative estimate of drug-likeness (QED) is 0.472. The van der Waals surface area contributed by atoms with Gasteiger partial charge in [0.1, 0.15) is 0 Å². The Bertz CT molecular complexity index is 157. The van der Waals surface area contributed by atoms with Crippen molar-refractivity contribution < 1.29 is 19.6 Å². The van der Waals surface area contributed by atoms with E-state index >= 15 is 0 Å². The summed E-state index contributed by atoms with van der Waals surface area (Å²) in [5.74, 6) is -1.35. The predicted octanol–water partition coefficient (Wildman–Crippen LogP) is 0.482. The van der Waals surface area contributed by atoms with Crippen molar-refractivity contribution in [2.45, 2.75) is 26.7 Å². The molecule has 0 rings (SSSR count). The third kappa shape index (κ3) is 4.32. The zero-order chi connectivity index (χ0) is 8.85. The fourth-order valence-electron chi connectivity index (χ4n) is 0.482. The molecule has 11 heavy (non-hydrogen) atoms. The molecule has 0 unspecified atom stereocenters. The van der Waals surface area contributed by atoms with E-state index in [9.17, 15) is 9.59 Å². The van der Waals surface area contributed by atoms with Gasteiger partial charge in [-0.15, -0.1) is 0 Å². The van der Waals surface area contributed by atoms with Gasteiger partial charge in [-0.2, -0.15) is 0 Å². The van der Waals surface area contributed by atoms with Crippen LogP contribution in [-0.2, 0) is 14.4 Å². The maximum absolute atomic E-state index is 10.7. The molecule has 0 aliphatic carbocycles. The van der Waals surface area contributed by atoms with E-state index in [1.807, 2.05) is 0 Å². The van der Waals surface area contributed by atoms with Crippen molar-refractivity contribution in [3.63, 3.8) is 0 Å². The molecule has 0 radical (unpaired) electrons. The summed E-state index contributed by atoms with van der Waals surface area (Å²) < 4.78 is 0. The zero-order valence-corrected chi connectivity index (χ0v) is 6.53. The normalized spacial score (nSPS) is 9.00. The van der Waals surface area contributed by atoms with Gasteiger partial charge in [0.05, 0.1) is 0 Å². The standard InChI is InChI=1S/C6H11NO4/c1-3-4-6(9)7(10)11-5(2)8/h10H,3-4H2,1-2H3. The van der Waals surface area contributed by atoms with Gasteiger partial charge >= 0.3 is 5.97 Å². The fraction of sp³-hybridized carbons (Fsp3) is 0.667. The average molecular weight is 161 g/mol. The van der Waals surface area contributed by atoms with Crippen molar-refractivity contribution in [2.24, 2.45) is 0 Å². The van der Waals surface area contributed by atoms with Gasteiger partial charge in [-0.3, -0.25) is 10.0 Å². The first kappa shape index (κ1) is 9.90. The van der Waals surface area contributed by atoms with Crippen LogP contribution in [0, 0.1) is 0 Å². The van der Waals surface area contributed by atoms with Crippen molar-refractivity contribution in [3.8, 4) is 0 Å². The predicted molar refractivity (Wildman–Crippen MR) is 35.3 cm³/mol. The fourth-order valence-corrected chi connectivity index (χ4v) is 0.482. The van der Waals surface area contributed by atoms with Gasteiger partial charge < -0.3 is 4.84 Å². The molecule has 5 nitrogen and oxygen atoms in total.